The number of ether oxygens (including phenoxy) is 1. The van der Waals surface area contributed by atoms with Crippen molar-refractivity contribution in [2.75, 3.05) is 30.8 Å². The number of hydrogen-bond acceptors (Lipinski definition) is 6. The van der Waals surface area contributed by atoms with Crippen molar-refractivity contribution in [1.82, 2.24) is 9.97 Å². The number of nitrogens with zero attached hydrogens (tertiary/aromatic N) is 3. The zero-order valence-corrected chi connectivity index (χ0v) is 13.7. The quantitative estimate of drug-likeness (QED) is 0.901. The molecule has 2 aromatic rings. The fourth-order valence-corrected chi connectivity index (χ4v) is 2.95. The molecule has 1 aromatic carbocycles. The van der Waals surface area contributed by atoms with Gasteiger partial charge in [0.15, 0.2) is 0 Å². The van der Waals surface area contributed by atoms with Crippen LogP contribution in [0.15, 0.2) is 35.5 Å². The number of sulfonamides is 1. The third-order valence-electron chi connectivity index (χ3n) is 2.97. The Labute approximate surface area is 130 Å². The Morgan fingerprint density at radius 2 is 1.82 bits per heavy atom. The van der Waals surface area contributed by atoms with Gasteiger partial charge in [-0.15, -0.1) is 0 Å². The van der Waals surface area contributed by atoms with E-state index in [2.05, 4.69) is 14.7 Å². The number of methoxy groups -OCH3 is 1. The molecule has 0 fully saturated rings. The van der Waals surface area contributed by atoms with E-state index in [0.29, 0.717) is 17.4 Å². The predicted octanol–water partition coefficient (Wildman–Crippen LogP) is 1.66. The SMILES string of the molecule is COc1ccc(S(=O)(=O)Nc2cnc(N(C)C)nc2)cc1C. The highest BCUT2D eigenvalue weighted by Gasteiger charge is 2.16. The van der Waals surface area contributed by atoms with Gasteiger partial charge in [0.2, 0.25) is 5.95 Å². The fraction of sp³-hybridized carbons (Fsp3) is 0.286. The fourth-order valence-electron chi connectivity index (χ4n) is 1.84. The molecule has 2 rings (SSSR count). The summed E-state index contributed by atoms with van der Waals surface area (Å²) in [6.07, 6.45) is 2.85. The van der Waals surface area contributed by atoms with Crippen molar-refractivity contribution in [3.05, 3.63) is 36.2 Å². The van der Waals surface area contributed by atoms with Crippen LogP contribution < -0.4 is 14.4 Å². The van der Waals surface area contributed by atoms with Gasteiger partial charge in [-0.2, -0.15) is 0 Å². The van der Waals surface area contributed by atoms with Crippen LogP contribution in [-0.4, -0.2) is 39.6 Å². The minimum atomic E-state index is -3.69. The summed E-state index contributed by atoms with van der Waals surface area (Å²) in [4.78, 5) is 10.0. The normalized spacial score (nSPS) is 11.1. The van der Waals surface area contributed by atoms with Crippen molar-refractivity contribution in [2.45, 2.75) is 11.8 Å². The van der Waals surface area contributed by atoms with Gasteiger partial charge in [0.05, 0.1) is 30.1 Å². The summed E-state index contributed by atoms with van der Waals surface area (Å²) in [6, 6.07) is 4.66. The minimum Gasteiger partial charge on any atom is -0.496 e. The van der Waals surface area contributed by atoms with Crippen molar-refractivity contribution < 1.29 is 13.2 Å². The smallest absolute Gasteiger partial charge is 0.262 e. The van der Waals surface area contributed by atoms with E-state index in [1.165, 1.54) is 18.5 Å². The lowest BCUT2D eigenvalue weighted by Crippen LogP contribution is -2.15. The molecule has 0 spiro atoms. The molecular formula is C14H18N4O3S. The van der Waals surface area contributed by atoms with Crippen LogP contribution in [0.1, 0.15) is 5.56 Å². The maximum absolute atomic E-state index is 12.4. The zero-order chi connectivity index (χ0) is 16.3. The van der Waals surface area contributed by atoms with Crippen LogP contribution in [0.4, 0.5) is 11.6 Å². The number of rotatable bonds is 5. The average molecular weight is 322 g/mol. The summed E-state index contributed by atoms with van der Waals surface area (Å²) < 4.78 is 32.3. The lowest BCUT2D eigenvalue weighted by molar-refractivity contribution is 0.411. The van der Waals surface area contributed by atoms with Gasteiger partial charge in [0.25, 0.3) is 10.0 Å². The van der Waals surface area contributed by atoms with E-state index in [-0.39, 0.29) is 4.90 Å². The van der Waals surface area contributed by atoms with Gasteiger partial charge >= 0.3 is 0 Å². The summed E-state index contributed by atoms with van der Waals surface area (Å²) in [5.74, 6) is 1.14. The van der Waals surface area contributed by atoms with E-state index in [0.717, 1.165) is 5.56 Å². The maximum Gasteiger partial charge on any atom is 0.262 e. The average Bonchev–Trinajstić information content (AvgIpc) is 2.47. The Morgan fingerprint density at radius 3 is 2.32 bits per heavy atom. The molecule has 0 atom stereocenters. The highest BCUT2D eigenvalue weighted by molar-refractivity contribution is 7.92. The number of aryl methyl sites for hydroxylation is 1. The highest BCUT2D eigenvalue weighted by atomic mass is 32.2. The second-order valence-corrected chi connectivity index (χ2v) is 6.59. The largest absolute Gasteiger partial charge is 0.496 e. The van der Waals surface area contributed by atoms with Gasteiger partial charge in [-0.25, -0.2) is 18.4 Å². The van der Waals surface area contributed by atoms with Crippen molar-refractivity contribution in [3.63, 3.8) is 0 Å². The minimum absolute atomic E-state index is 0.155. The molecule has 22 heavy (non-hydrogen) atoms. The molecule has 7 nitrogen and oxygen atoms in total. The topological polar surface area (TPSA) is 84.4 Å². The van der Waals surface area contributed by atoms with Crippen molar-refractivity contribution in [3.8, 4) is 5.75 Å². The second-order valence-electron chi connectivity index (χ2n) is 4.90. The monoisotopic (exact) mass is 322 g/mol. The summed E-state index contributed by atoms with van der Waals surface area (Å²) >= 11 is 0. The van der Waals surface area contributed by atoms with Crippen LogP contribution >= 0.6 is 0 Å². The van der Waals surface area contributed by atoms with Gasteiger partial charge in [0, 0.05) is 14.1 Å². The molecule has 0 aliphatic rings. The second kappa shape index (κ2) is 6.18. The molecule has 0 amide bonds. The summed E-state index contributed by atoms with van der Waals surface area (Å²) in [5.41, 5.74) is 1.05. The van der Waals surface area contributed by atoms with Crippen LogP contribution in [0.5, 0.6) is 5.75 Å². The van der Waals surface area contributed by atoms with Crippen LogP contribution in [-0.2, 0) is 10.0 Å². The van der Waals surface area contributed by atoms with Crippen LogP contribution in [0.3, 0.4) is 0 Å². The van der Waals surface area contributed by atoms with Crippen molar-refractivity contribution in [2.24, 2.45) is 0 Å². The Hall–Kier alpha value is -2.35. The Morgan fingerprint density at radius 1 is 1.18 bits per heavy atom. The maximum atomic E-state index is 12.4. The summed E-state index contributed by atoms with van der Waals surface area (Å²) in [5, 5.41) is 0. The van der Waals surface area contributed by atoms with E-state index in [4.69, 9.17) is 4.74 Å². The number of anilines is 2. The lowest BCUT2D eigenvalue weighted by Gasteiger charge is -2.12. The molecule has 0 aliphatic carbocycles. The standard InChI is InChI=1S/C14H18N4O3S/c1-10-7-12(5-6-13(10)21-4)22(19,20)17-11-8-15-14(16-9-11)18(2)3/h5-9,17H,1-4H3. The van der Waals surface area contributed by atoms with Gasteiger partial charge in [-0.05, 0) is 30.7 Å². The number of benzene rings is 1. The molecule has 0 saturated carbocycles. The lowest BCUT2D eigenvalue weighted by atomic mass is 10.2. The van der Waals surface area contributed by atoms with E-state index in [1.54, 1.807) is 45.2 Å². The highest BCUT2D eigenvalue weighted by Crippen LogP contribution is 2.23. The summed E-state index contributed by atoms with van der Waals surface area (Å²) in [7, 11) is 1.46. The van der Waals surface area contributed by atoms with E-state index >= 15 is 0 Å². The molecule has 8 heteroatoms. The third kappa shape index (κ3) is 3.45. The zero-order valence-electron chi connectivity index (χ0n) is 12.9. The number of nitrogens with one attached hydrogen (secondary N) is 1. The molecule has 1 N–H and O–H groups in total. The number of hydrogen-bond donors (Lipinski definition) is 1. The molecule has 1 aromatic heterocycles. The van der Waals surface area contributed by atoms with Crippen molar-refractivity contribution >= 4 is 21.7 Å². The third-order valence-corrected chi connectivity index (χ3v) is 4.35. The first kappa shape index (κ1) is 16.0. The van der Waals surface area contributed by atoms with Gasteiger partial charge in [-0.3, -0.25) is 4.72 Å². The Balaban J connectivity index is 2.25. The molecular weight excluding hydrogens is 304 g/mol. The van der Waals surface area contributed by atoms with E-state index in [9.17, 15) is 8.42 Å². The molecule has 0 radical (unpaired) electrons. The van der Waals surface area contributed by atoms with Gasteiger partial charge in [-0.1, -0.05) is 0 Å². The molecule has 118 valence electrons. The summed E-state index contributed by atoms with van der Waals surface area (Å²) in [6.45, 7) is 1.78. The van der Waals surface area contributed by atoms with Crippen molar-refractivity contribution in [1.29, 1.82) is 0 Å². The van der Waals surface area contributed by atoms with Crippen LogP contribution in [0, 0.1) is 6.92 Å². The first-order valence-electron chi connectivity index (χ1n) is 6.50. The molecule has 0 aliphatic heterocycles. The van der Waals surface area contributed by atoms with Gasteiger partial charge < -0.3 is 9.64 Å². The molecule has 1 heterocycles. The predicted molar refractivity (Wildman–Crippen MR) is 84.9 cm³/mol. The molecule has 0 unspecified atom stereocenters. The Bertz CT molecular complexity index is 758. The molecule has 0 saturated heterocycles. The van der Waals surface area contributed by atoms with E-state index in [1.807, 2.05) is 0 Å². The number of aromatic nitrogens is 2. The Kier molecular flexibility index (Phi) is 4.51. The van der Waals surface area contributed by atoms with Crippen LogP contribution in [0.25, 0.3) is 0 Å². The van der Waals surface area contributed by atoms with E-state index < -0.39 is 10.0 Å². The molecule has 0 bridgehead atoms. The first-order valence-corrected chi connectivity index (χ1v) is 7.98. The van der Waals surface area contributed by atoms with Gasteiger partial charge in [0.1, 0.15) is 5.75 Å². The first-order chi connectivity index (χ1) is 10.3. The van der Waals surface area contributed by atoms with Crippen LogP contribution in [0.2, 0.25) is 0 Å².